The fourth-order valence-corrected chi connectivity index (χ4v) is 14.7. The number of hydrogen-bond donors (Lipinski definition) is 0. The van der Waals surface area contributed by atoms with Crippen LogP contribution in [-0.4, -0.2) is 11.4 Å². The number of thiophene rings is 1. The summed E-state index contributed by atoms with van der Waals surface area (Å²) in [5.74, 6) is 0. The number of benzene rings is 8. The normalized spacial score (nSPS) is 17.1. The van der Waals surface area contributed by atoms with Crippen molar-refractivity contribution in [2.24, 2.45) is 0 Å². The summed E-state index contributed by atoms with van der Waals surface area (Å²) >= 11 is 1.91. The lowest BCUT2D eigenvalue weighted by Crippen LogP contribution is -2.60. The third-order valence-electron chi connectivity index (χ3n) is 17.4. The number of rotatable bonds is 1. The first-order valence-electron chi connectivity index (χ1n) is 24.7. The average molecular weight is 897 g/mol. The highest BCUT2D eigenvalue weighted by Gasteiger charge is 2.46. The Labute approximate surface area is 402 Å². The smallest absolute Gasteiger partial charge is 0.333 e. The summed E-state index contributed by atoms with van der Waals surface area (Å²) in [6.07, 6.45) is 2.34. The lowest BCUT2D eigenvalue weighted by molar-refractivity contribution is 0.332. The molecule has 0 amide bonds. The van der Waals surface area contributed by atoms with E-state index in [1.165, 1.54) is 144 Å². The quantitative estimate of drug-likeness (QED) is 0.153. The molecule has 0 radical (unpaired) electrons. The summed E-state index contributed by atoms with van der Waals surface area (Å²) in [7, 11) is 0. The maximum atomic E-state index is 7.07. The summed E-state index contributed by atoms with van der Waals surface area (Å²) in [6, 6.07) is 52.3. The second kappa shape index (κ2) is 12.6. The SMILES string of the molecule is CC(C)(C)c1ccc(N2B3c4cc5c(cc4-n4c6ccc7c(c6c6ccc(c3c64)-c3cc4oc6cc8c(cc6c4cc32)C(C)(C)CCC8(C)C)-c2ccccc2C7(C)C)sc2ccccc25)cc1. The van der Waals surface area contributed by atoms with Crippen LogP contribution in [0.5, 0.6) is 0 Å². The average Bonchev–Trinajstić information content (AvgIpc) is 4.04. The van der Waals surface area contributed by atoms with E-state index in [9.17, 15) is 0 Å². The lowest BCUT2D eigenvalue weighted by Gasteiger charge is -2.42. The highest BCUT2D eigenvalue weighted by molar-refractivity contribution is 7.26. The van der Waals surface area contributed by atoms with Gasteiger partial charge < -0.3 is 13.8 Å². The summed E-state index contributed by atoms with van der Waals surface area (Å²) in [5, 5.41) is 7.73. The Balaban J connectivity index is 1.11. The number of nitrogens with zero attached hydrogens (tertiary/aromatic N) is 2. The van der Waals surface area contributed by atoms with Crippen molar-refractivity contribution in [3.8, 4) is 27.9 Å². The van der Waals surface area contributed by atoms with E-state index >= 15 is 0 Å². The molecule has 11 aromatic rings. The summed E-state index contributed by atoms with van der Waals surface area (Å²) < 4.78 is 12.4. The van der Waals surface area contributed by atoms with Gasteiger partial charge in [-0.2, -0.15) is 0 Å². The number of anilines is 2. The van der Waals surface area contributed by atoms with Gasteiger partial charge in [-0.15, -0.1) is 11.3 Å². The van der Waals surface area contributed by atoms with Crippen LogP contribution in [0.1, 0.15) is 103 Å². The van der Waals surface area contributed by atoms with Crippen molar-refractivity contribution in [3.63, 3.8) is 0 Å². The van der Waals surface area contributed by atoms with E-state index in [1.807, 2.05) is 11.3 Å². The lowest BCUT2D eigenvalue weighted by atomic mass is 9.44. The molecule has 3 nitrogen and oxygen atoms in total. The van der Waals surface area contributed by atoms with Gasteiger partial charge in [-0.05, 0) is 139 Å². The summed E-state index contributed by atoms with van der Waals surface area (Å²) in [6.45, 7) is 21.3. The van der Waals surface area contributed by atoms with Gasteiger partial charge in [-0.25, -0.2) is 0 Å². The molecular formula is C63H53BN2OS. The standard InChI is InChI=1S/C63H53BN2OS/c1-60(2,3)34-18-20-35(21-19-34)66-50-30-42-41-28-46-47(62(6,7)27-26-61(46,4)5)32-53(41)67-52(42)31-40(50)37-22-23-39-57-49(25-24-45-56(57)38-15-10-12-16-44(38)63(45,8)9)65-51-33-55-43(36-14-11-13-17-54(36)68-55)29-48(51)64(66)58(37)59(39)65/h10-25,28-33H,26-27H2,1-9H3. The maximum Gasteiger partial charge on any atom is 0.333 e. The van der Waals surface area contributed by atoms with E-state index in [4.69, 9.17) is 4.42 Å². The van der Waals surface area contributed by atoms with Gasteiger partial charge in [0.15, 0.2) is 0 Å². The molecule has 8 aromatic carbocycles. The Morgan fingerprint density at radius 3 is 2.07 bits per heavy atom. The molecule has 0 N–H and O–H groups in total. The Kier molecular flexibility index (Phi) is 7.28. The Morgan fingerprint density at radius 1 is 0.559 bits per heavy atom. The minimum atomic E-state index is -0.107. The summed E-state index contributed by atoms with van der Waals surface area (Å²) in [5.41, 5.74) is 23.3. The first-order valence-corrected chi connectivity index (χ1v) is 25.6. The second-order valence-corrected chi connectivity index (χ2v) is 24.6. The third kappa shape index (κ3) is 4.86. The monoisotopic (exact) mass is 896 g/mol. The molecular weight excluding hydrogens is 844 g/mol. The van der Waals surface area contributed by atoms with Gasteiger partial charge in [-0.3, -0.25) is 0 Å². The largest absolute Gasteiger partial charge is 0.456 e. The molecule has 4 aliphatic rings. The molecule has 0 fully saturated rings. The molecule has 330 valence electrons. The van der Waals surface area contributed by atoms with Crippen LogP contribution < -0.4 is 15.7 Å². The molecule has 0 unspecified atom stereocenters. The minimum Gasteiger partial charge on any atom is -0.456 e. The van der Waals surface area contributed by atoms with Crippen LogP contribution in [0.3, 0.4) is 0 Å². The number of hydrogen-bond acceptors (Lipinski definition) is 3. The Morgan fingerprint density at radius 2 is 1.28 bits per heavy atom. The Hall–Kier alpha value is -6.56. The molecule has 0 saturated heterocycles. The molecule has 5 heteroatoms. The number of furan rings is 1. The molecule has 0 atom stereocenters. The predicted octanol–water partition coefficient (Wildman–Crippen LogP) is 16.2. The molecule has 3 aromatic heterocycles. The molecule has 15 rings (SSSR count). The van der Waals surface area contributed by atoms with Crippen molar-refractivity contribution < 1.29 is 4.42 Å². The van der Waals surface area contributed by atoms with Crippen molar-refractivity contribution >= 4 is 104 Å². The zero-order valence-corrected chi connectivity index (χ0v) is 41.2. The topological polar surface area (TPSA) is 21.3 Å². The zero-order valence-electron chi connectivity index (χ0n) is 40.4. The van der Waals surface area contributed by atoms with E-state index in [0.717, 1.165) is 11.2 Å². The van der Waals surface area contributed by atoms with Crippen molar-refractivity contribution in [2.45, 2.75) is 96.8 Å². The number of fused-ring (bicyclic) bond motifs is 19. The minimum absolute atomic E-state index is 0.0257. The third-order valence-corrected chi connectivity index (χ3v) is 18.5. The van der Waals surface area contributed by atoms with Gasteiger partial charge in [0, 0.05) is 69.8 Å². The molecule has 5 heterocycles. The fraction of sp³-hybridized carbons (Fsp3) is 0.238. The van der Waals surface area contributed by atoms with Gasteiger partial charge in [0.1, 0.15) is 11.2 Å². The first kappa shape index (κ1) is 39.4. The molecule has 2 aliphatic heterocycles. The van der Waals surface area contributed by atoms with Crippen LogP contribution in [-0.2, 0) is 21.7 Å². The molecule has 2 aliphatic carbocycles. The van der Waals surface area contributed by atoms with E-state index < -0.39 is 0 Å². The zero-order chi connectivity index (χ0) is 46.1. The van der Waals surface area contributed by atoms with Crippen LogP contribution in [0.15, 0.2) is 138 Å². The molecule has 0 bridgehead atoms. The Bertz CT molecular complexity index is 4110. The van der Waals surface area contributed by atoms with Crippen LogP contribution in [0.2, 0.25) is 0 Å². The highest BCUT2D eigenvalue weighted by atomic mass is 32.1. The van der Waals surface area contributed by atoms with Gasteiger partial charge in [0.05, 0.1) is 11.0 Å². The van der Waals surface area contributed by atoms with Gasteiger partial charge >= 0.3 is 6.85 Å². The van der Waals surface area contributed by atoms with Gasteiger partial charge in [-0.1, -0.05) is 141 Å². The van der Waals surface area contributed by atoms with Gasteiger partial charge in [0.2, 0.25) is 0 Å². The van der Waals surface area contributed by atoms with E-state index in [-0.39, 0.29) is 28.5 Å². The van der Waals surface area contributed by atoms with E-state index in [0.29, 0.717) is 0 Å². The molecule has 0 saturated carbocycles. The van der Waals surface area contributed by atoms with Crippen molar-refractivity contribution in [1.29, 1.82) is 0 Å². The van der Waals surface area contributed by atoms with Crippen molar-refractivity contribution in [1.82, 2.24) is 4.57 Å². The summed E-state index contributed by atoms with van der Waals surface area (Å²) in [4.78, 5) is 2.70. The van der Waals surface area contributed by atoms with Crippen LogP contribution >= 0.6 is 11.3 Å². The molecule has 68 heavy (non-hydrogen) atoms. The van der Waals surface area contributed by atoms with Crippen LogP contribution in [0, 0.1) is 0 Å². The first-order chi connectivity index (χ1) is 32.6. The van der Waals surface area contributed by atoms with E-state index in [1.54, 1.807) is 0 Å². The van der Waals surface area contributed by atoms with Gasteiger partial charge in [0.25, 0.3) is 0 Å². The maximum absolute atomic E-state index is 7.07. The predicted molar refractivity (Wildman–Crippen MR) is 292 cm³/mol. The van der Waals surface area contributed by atoms with E-state index in [2.05, 4.69) is 205 Å². The fourth-order valence-electron chi connectivity index (χ4n) is 13.6. The van der Waals surface area contributed by atoms with Crippen LogP contribution in [0.4, 0.5) is 11.4 Å². The highest BCUT2D eigenvalue weighted by Crippen LogP contribution is 2.56. The van der Waals surface area contributed by atoms with Crippen molar-refractivity contribution in [2.75, 3.05) is 4.81 Å². The van der Waals surface area contributed by atoms with Crippen molar-refractivity contribution in [3.05, 3.63) is 161 Å². The molecule has 0 spiro atoms. The number of aromatic nitrogens is 1. The van der Waals surface area contributed by atoms with Crippen LogP contribution in [0.25, 0.3) is 91.9 Å². The second-order valence-electron chi connectivity index (χ2n) is 23.5.